The standard InChI is InChI=1S/C18H18FNO2/c1-13(14-5-3-2-4-6-14)20-11-17(22-12-18(20)21)15-7-9-16(19)10-8-15/h2-10,13,17H,11-12H2,1H3/t13-,17-/m1/s1. The van der Waals surface area contributed by atoms with Crippen molar-refractivity contribution in [2.45, 2.75) is 19.1 Å². The van der Waals surface area contributed by atoms with Crippen LogP contribution in [0.1, 0.15) is 30.2 Å². The van der Waals surface area contributed by atoms with Gasteiger partial charge in [-0.2, -0.15) is 0 Å². The summed E-state index contributed by atoms with van der Waals surface area (Å²) in [7, 11) is 0. The van der Waals surface area contributed by atoms with Crippen LogP contribution in [-0.4, -0.2) is 24.0 Å². The summed E-state index contributed by atoms with van der Waals surface area (Å²) in [5, 5.41) is 0. The van der Waals surface area contributed by atoms with Crippen molar-refractivity contribution in [2.24, 2.45) is 0 Å². The summed E-state index contributed by atoms with van der Waals surface area (Å²) in [5.74, 6) is -0.292. The first-order valence-electron chi connectivity index (χ1n) is 7.36. The molecule has 22 heavy (non-hydrogen) atoms. The Balaban J connectivity index is 1.79. The number of ether oxygens (including phenoxy) is 1. The molecule has 1 saturated heterocycles. The number of hydrogen-bond acceptors (Lipinski definition) is 2. The summed E-state index contributed by atoms with van der Waals surface area (Å²) in [6.45, 7) is 2.54. The second kappa shape index (κ2) is 6.28. The molecule has 4 heteroatoms. The fraction of sp³-hybridized carbons (Fsp3) is 0.278. The molecule has 0 radical (unpaired) electrons. The first-order valence-corrected chi connectivity index (χ1v) is 7.36. The van der Waals surface area contributed by atoms with Gasteiger partial charge in [-0.25, -0.2) is 4.39 Å². The monoisotopic (exact) mass is 299 g/mol. The van der Waals surface area contributed by atoms with Crippen LogP contribution in [0, 0.1) is 5.82 Å². The molecule has 1 aliphatic heterocycles. The quantitative estimate of drug-likeness (QED) is 0.868. The lowest BCUT2D eigenvalue weighted by Gasteiger charge is -2.37. The largest absolute Gasteiger partial charge is 0.362 e. The van der Waals surface area contributed by atoms with Crippen molar-refractivity contribution >= 4 is 5.91 Å². The molecular weight excluding hydrogens is 281 g/mol. The predicted octanol–water partition coefficient (Wildman–Crippen LogP) is 3.49. The first kappa shape index (κ1) is 14.7. The molecule has 0 spiro atoms. The third-order valence-electron chi connectivity index (χ3n) is 4.08. The van der Waals surface area contributed by atoms with Gasteiger partial charge in [-0.05, 0) is 30.2 Å². The van der Waals surface area contributed by atoms with Crippen LogP contribution in [-0.2, 0) is 9.53 Å². The van der Waals surface area contributed by atoms with E-state index in [1.165, 1.54) is 12.1 Å². The summed E-state index contributed by atoms with van der Waals surface area (Å²) in [5.41, 5.74) is 1.98. The number of rotatable bonds is 3. The van der Waals surface area contributed by atoms with E-state index in [1.54, 1.807) is 12.1 Å². The zero-order chi connectivity index (χ0) is 15.5. The lowest BCUT2D eigenvalue weighted by atomic mass is 10.0. The van der Waals surface area contributed by atoms with E-state index >= 15 is 0 Å². The molecular formula is C18H18FNO2. The Hall–Kier alpha value is -2.20. The Morgan fingerprint density at radius 1 is 1.14 bits per heavy atom. The molecule has 3 nitrogen and oxygen atoms in total. The molecule has 0 bridgehead atoms. The first-order chi connectivity index (χ1) is 10.6. The molecule has 0 N–H and O–H groups in total. The Bertz CT molecular complexity index is 642. The van der Waals surface area contributed by atoms with E-state index in [4.69, 9.17) is 4.74 Å². The maximum absolute atomic E-state index is 13.0. The zero-order valence-corrected chi connectivity index (χ0v) is 12.4. The maximum atomic E-state index is 13.0. The lowest BCUT2D eigenvalue weighted by Crippen LogP contribution is -2.44. The van der Waals surface area contributed by atoms with Crippen molar-refractivity contribution in [3.05, 3.63) is 71.5 Å². The topological polar surface area (TPSA) is 29.5 Å². The second-order valence-corrected chi connectivity index (χ2v) is 5.48. The third-order valence-corrected chi connectivity index (χ3v) is 4.08. The maximum Gasteiger partial charge on any atom is 0.249 e. The lowest BCUT2D eigenvalue weighted by molar-refractivity contribution is -0.152. The molecule has 1 fully saturated rings. The van der Waals surface area contributed by atoms with E-state index < -0.39 is 0 Å². The average Bonchev–Trinajstić information content (AvgIpc) is 2.56. The van der Waals surface area contributed by atoms with E-state index in [9.17, 15) is 9.18 Å². The molecule has 0 aromatic heterocycles. The summed E-state index contributed by atoms with van der Waals surface area (Å²) in [6, 6.07) is 16.2. The molecule has 2 aromatic carbocycles. The number of carbonyl (C=O) groups is 1. The Labute approximate surface area is 129 Å². The van der Waals surface area contributed by atoms with Crippen LogP contribution in [0.5, 0.6) is 0 Å². The van der Waals surface area contributed by atoms with Gasteiger partial charge in [0.25, 0.3) is 0 Å². The van der Waals surface area contributed by atoms with Crippen molar-refractivity contribution in [2.75, 3.05) is 13.2 Å². The Morgan fingerprint density at radius 2 is 1.82 bits per heavy atom. The molecule has 1 aliphatic rings. The fourth-order valence-corrected chi connectivity index (χ4v) is 2.75. The minimum atomic E-state index is -0.273. The van der Waals surface area contributed by atoms with Crippen LogP contribution in [0.25, 0.3) is 0 Å². The van der Waals surface area contributed by atoms with Crippen LogP contribution in [0.15, 0.2) is 54.6 Å². The number of halogens is 1. The summed E-state index contributed by atoms with van der Waals surface area (Å²) >= 11 is 0. The molecule has 0 aliphatic carbocycles. The molecule has 0 unspecified atom stereocenters. The minimum absolute atomic E-state index is 0.0134. The number of amides is 1. The highest BCUT2D eigenvalue weighted by atomic mass is 19.1. The summed E-state index contributed by atoms with van der Waals surface area (Å²) < 4.78 is 18.7. The smallest absolute Gasteiger partial charge is 0.249 e. The summed E-state index contributed by atoms with van der Waals surface area (Å²) in [6.07, 6.45) is -0.218. The van der Waals surface area contributed by atoms with Crippen molar-refractivity contribution in [1.29, 1.82) is 0 Å². The van der Waals surface area contributed by atoms with Gasteiger partial charge in [-0.1, -0.05) is 42.5 Å². The Kier molecular flexibility index (Phi) is 4.20. The minimum Gasteiger partial charge on any atom is -0.362 e. The van der Waals surface area contributed by atoms with Crippen LogP contribution in [0.4, 0.5) is 4.39 Å². The number of morpholine rings is 1. The van der Waals surface area contributed by atoms with Gasteiger partial charge in [0.2, 0.25) is 5.91 Å². The molecule has 1 amide bonds. The van der Waals surface area contributed by atoms with E-state index in [-0.39, 0.29) is 30.5 Å². The van der Waals surface area contributed by atoms with Crippen molar-refractivity contribution in [3.63, 3.8) is 0 Å². The average molecular weight is 299 g/mol. The van der Waals surface area contributed by atoms with Crippen molar-refractivity contribution in [3.8, 4) is 0 Å². The van der Waals surface area contributed by atoms with Crippen LogP contribution >= 0.6 is 0 Å². The highest BCUT2D eigenvalue weighted by Gasteiger charge is 2.31. The number of benzene rings is 2. The molecule has 3 rings (SSSR count). The van der Waals surface area contributed by atoms with Gasteiger partial charge >= 0.3 is 0 Å². The zero-order valence-electron chi connectivity index (χ0n) is 12.4. The third kappa shape index (κ3) is 3.02. The SMILES string of the molecule is C[C@H](c1ccccc1)N1C[C@H](c2ccc(F)cc2)OCC1=O. The molecule has 0 saturated carbocycles. The van der Waals surface area contributed by atoms with E-state index in [2.05, 4.69) is 0 Å². The van der Waals surface area contributed by atoms with E-state index in [1.807, 2.05) is 42.2 Å². The normalized spacial score (nSPS) is 20.0. The van der Waals surface area contributed by atoms with E-state index in [0.29, 0.717) is 6.54 Å². The second-order valence-electron chi connectivity index (χ2n) is 5.48. The highest BCUT2D eigenvalue weighted by Crippen LogP contribution is 2.29. The van der Waals surface area contributed by atoms with Gasteiger partial charge in [-0.3, -0.25) is 4.79 Å². The number of nitrogens with zero attached hydrogens (tertiary/aromatic N) is 1. The van der Waals surface area contributed by atoms with Crippen LogP contribution < -0.4 is 0 Å². The van der Waals surface area contributed by atoms with Gasteiger partial charge < -0.3 is 9.64 Å². The van der Waals surface area contributed by atoms with Gasteiger partial charge in [0.05, 0.1) is 12.6 Å². The summed E-state index contributed by atoms with van der Waals surface area (Å²) in [4.78, 5) is 14.0. The number of carbonyl (C=O) groups excluding carboxylic acids is 1. The highest BCUT2D eigenvalue weighted by molar-refractivity contribution is 5.78. The van der Waals surface area contributed by atoms with Gasteiger partial charge in [0, 0.05) is 0 Å². The van der Waals surface area contributed by atoms with Gasteiger partial charge in [0.15, 0.2) is 0 Å². The molecule has 1 heterocycles. The van der Waals surface area contributed by atoms with Crippen molar-refractivity contribution in [1.82, 2.24) is 4.90 Å². The Morgan fingerprint density at radius 3 is 2.50 bits per heavy atom. The van der Waals surface area contributed by atoms with Crippen LogP contribution in [0.2, 0.25) is 0 Å². The van der Waals surface area contributed by atoms with Gasteiger partial charge in [0.1, 0.15) is 18.5 Å². The molecule has 114 valence electrons. The molecule has 2 aromatic rings. The fourth-order valence-electron chi connectivity index (χ4n) is 2.75. The number of hydrogen-bond donors (Lipinski definition) is 0. The van der Waals surface area contributed by atoms with Gasteiger partial charge in [-0.15, -0.1) is 0 Å². The van der Waals surface area contributed by atoms with Crippen LogP contribution in [0.3, 0.4) is 0 Å². The van der Waals surface area contributed by atoms with Crippen molar-refractivity contribution < 1.29 is 13.9 Å². The molecule has 2 atom stereocenters. The van der Waals surface area contributed by atoms with E-state index in [0.717, 1.165) is 11.1 Å². The predicted molar refractivity (Wildman–Crippen MR) is 81.7 cm³/mol.